The predicted octanol–water partition coefficient (Wildman–Crippen LogP) is 4.31. The zero-order chi connectivity index (χ0) is 22.7. The van der Waals surface area contributed by atoms with Gasteiger partial charge in [-0.05, 0) is 38.0 Å². The molecule has 0 spiro atoms. The molecule has 0 saturated carbocycles. The highest BCUT2D eigenvalue weighted by Crippen LogP contribution is 2.34. The first-order valence-electron chi connectivity index (χ1n) is 9.74. The summed E-state index contributed by atoms with van der Waals surface area (Å²) in [5.74, 6) is -1.09. The molecule has 1 heterocycles. The smallest absolute Gasteiger partial charge is 0.263 e. The van der Waals surface area contributed by atoms with Crippen LogP contribution in [0, 0.1) is 20.8 Å². The zero-order valence-electron chi connectivity index (χ0n) is 17.8. The monoisotopic (exact) mass is 457 g/mol. The van der Waals surface area contributed by atoms with E-state index in [0.29, 0.717) is 9.90 Å². The molecular formula is C23H24ClN3O3S. The van der Waals surface area contributed by atoms with E-state index in [-0.39, 0.29) is 24.9 Å². The fourth-order valence-electron chi connectivity index (χ4n) is 3.39. The van der Waals surface area contributed by atoms with Crippen LogP contribution in [0.4, 0.5) is 5.69 Å². The van der Waals surface area contributed by atoms with E-state index in [4.69, 9.17) is 11.6 Å². The second-order valence-corrected chi connectivity index (χ2v) is 8.93. The second kappa shape index (κ2) is 9.49. The van der Waals surface area contributed by atoms with Crippen molar-refractivity contribution in [3.8, 4) is 0 Å². The number of amides is 3. The third-order valence-corrected chi connectivity index (χ3v) is 6.56. The van der Waals surface area contributed by atoms with Crippen molar-refractivity contribution in [2.75, 3.05) is 25.5 Å². The molecule has 0 aliphatic rings. The molecule has 8 heteroatoms. The molecule has 0 aliphatic heterocycles. The number of thiophene rings is 1. The Labute approximate surface area is 190 Å². The largest absolute Gasteiger partial charge is 0.342 e. The number of carbonyl (C=O) groups excluding carboxylic acids is 3. The lowest BCUT2D eigenvalue weighted by molar-refractivity contribution is -0.132. The molecule has 2 aromatic carbocycles. The van der Waals surface area contributed by atoms with Crippen molar-refractivity contribution < 1.29 is 14.4 Å². The number of nitrogens with zero attached hydrogens (tertiary/aromatic N) is 1. The molecule has 162 valence electrons. The van der Waals surface area contributed by atoms with Crippen LogP contribution in [0.1, 0.15) is 26.4 Å². The molecule has 3 aromatic rings. The van der Waals surface area contributed by atoms with Gasteiger partial charge in [-0.1, -0.05) is 47.5 Å². The minimum Gasteiger partial charge on any atom is -0.342 e. The van der Waals surface area contributed by atoms with Crippen LogP contribution >= 0.6 is 22.9 Å². The predicted molar refractivity (Wildman–Crippen MR) is 126 cm³/mol. The summed E-state index contributed by atoms with van der Waals surface area (Å²) >= 11 is 7.59. The standard InChI is InChI=1S/C23H24ClN3O3S/c1-13-9-14(2)21(15(3)10-13)26-18(28)12-27(4)19(29)11-25-23(30)22-20(24)16-7-5-6-8-17(16)31-22/h5-10H,11-12H2,1-4H3,(H,25,30)(H,26,28). The van der Waals surface area contributed by atoms with Gasteiger partial charge in [0.05, 0.1) is 18.1 Å². The van der Waals surface area contributed by atoms with Gasteiger partial charge in [-0.3, -0.25) is 14.4 Å². The minimum atomic E-state index is -0.414. The molecule has 1 aromatic heterocycles. The highest BCUT2D eigenvalue weighted by molar-refractivity contribution is 7.21. The Morgan fingerprint density at radius 1 is 1.06 bits per heavy atom. The van der Waals surface area contributed by atoms with E-state index in [2.05, 4.69) is 10.6 Å². The number of hydrogen-bond acceptors (Lipinski definition) is 4. The Bertz CT molecular complexity index is 1150. The molecule has 0 aliphatic carbocycles. The quantitative estimate of drug-likeness (QED) is 0.579. The lowest BCUT2D eigenvalue weighted by atomic mass is 10.1. The van der Waals surface area contributed by atoms with Crippen LogP contribution in [0.25, 0.3) is 10.1 Å². The van der Waals surface area contributed by atoms with Crippen molar-refractivity contribution in [3.05, 3.63) is 63.0 Å². The SMILES string of the molecule is Cc1cc(C)c(NC(=O)CN(C)C(=O)CNC(=O)c2sc3ccccc3c2Cl)c(C)c1. The second-order valence-electron chi connectivity index (χ2n) is 7.50. The molecule has 0 radical (unpaired) electrons. The first kappa shape index (κ1) is 22.8. The molecule has 3 rings (SSSR count). The summed E-state index contributed by atoms with van der Waals surface area (Å²) in [5, 5.41) is 6.65. The molecule has 6 nitrogen and oxygen atoms in total. The average molecular weight is 458 g/mol. The van der Waals surface area contributed by atoms with E-state index < -0.39 is 5.91 Å². The van der Waals surface area contributed by atoms with Crippen LogP contribution in [0.5, 0.6) is 0 Å². The number of hydrogen-bond donors (Lipinski definition) is 2. The van der Waals surface area contributed by atoms with Gasteiger partial charge in [0, 0.05) is 22.8 Å². The van der Waals surface area contributed by atoms with Crippen LogP contribution in [-0.2, 0) is 9.59 Å². The van der Waals surface area contributed by atoms with Crippen molar-refractivity contribution >= 4 is 56.4 Å². The Balaban J connectivity index is 1.56. The summed E-state index contributed by atoms with van der Waals surface area (Å²) in [6, 6.07) is 11.4. The van der Waals surface area contributed by atoms with Crippen molar-refractivity contribution in [3.63, 3.8) is 0 Å². The fourth-order valence-corrected chi connectivity index (χ4v) is 4.82. The normalized spacial score (nSPS) is 10.7. The van der Waals surface area contributed by atoms with Crippen LogP contribution in [-0.4, -0.2) is 42.8 Å². The fraction of sp³-hybridized carbons (Fsp3) is 0.261. The summed E-state index contributed by atoms with van der Waals surface area (Å²) in [4.78, 5) is 39.0. The molecule has 0 unspecified atom stereocenters. The van der Waals surface area contributed by atoms with Crippen molar-refractivity contribution in [1.82, 2.24) is 10.2 Å². The van der Waals surface area contributed by atoms with E-state index in [1.165, 1.54) is 23.3 Å². The maximum atomic E-state index is 12.5. The number of anilines is 1. The van der Waals surface area contributed by atoms with Gasteiger partial charge in [0.1, 0.15) is 4.88 Å². The van der Waals surface area contributed by atoms with Gasteiger partial charge in [-0.2, -0.15) is 0 Å². The summed E-state index contributed by atoms with van der Waals surface area (Å²) in [6.45, 7) is 5.51. The first-order valence-corrected chi connectivity index (χ1v) is 10.9. The molecular weight excluding hydrogens is 434 g/mol. The van der Waals surface area contributed by atoms with E-state index >= 15 is 0 Å². The Morgan fingerprint density at radius 3 is 2.35 bits per heavy atom. The molecule has 0 bridgehead atoms. The van der Waals surface area contributed by atoms with E-state index in [1.807, 2.05) is 57.2 Å². The van der Waals surface area contributed by atoms with Gasteiger partial charge in [0.15, 0.2) is 0 Å². The van der Waals surface area contributed by atoms with Crippen LogP contribution in [0.3, 0.4) is 0 Å². The summed E-state index contributed by atoms with van der Waals surface area (Å²) in [6.07, 6.45) is 0. The van der Waals surface area contributed by atoms with Gasteiger partial charge >= 0.3 is 0 Å². The number of benzene rings is 2. The van der Waals surface area contributed by atoms with E-state index in [9.17, 15) is 14.4 Å². The Morgan fingerprint density at radius 2 is 1.71 bits per heavy atom. The van der Waals surface area contributed by atoms with Gasteiger partial charge in [0.25, 0.3) is 5.91 Å². The number of nitrogens with one attached hydrogen (secondary N) is 2. The number of halogens is 1. The average Bonchev–Trinajstić information content (AvgIpc) is 3.05. The van der Waals surface area contributed by atoms with Crippen molar-refractivity contribution in [2.24, 2.45) is 0 Å². The maximum Gasteiger partial charge on any atom is 0.263 e. The third kappa shape index (κ3) is 5.24. The summed E-state index contributed by atoms with van der Waals surface area (Å²) in [7, 11) is 1.52. The number of carbonyl (C=O) groups is 3. The van der Waals surface area contributed by atoms with Crippen LogP contribution in [0.15, 0.2) is 36.4 Å². The molecule has 0 saturated heterocycles. The highest BCUT2D eigenvalue weighted by atomic mass is 35.5. The lowest BCUT2D eigenvalue weighted by Gasteiger charge is -2.18. The molecule has 0 atom stereocenters. The Kier molecular flexibility index (Phi) is 6.97. The summed E-state index contributed by atoms with van der Waals surface area (Å²) in [5.41, 5.74) is 3.80. The van der Waals surface area contributed by atoms with Gasteiger partial charge in [-0.25, -0.2) is 0 Å². The van der Waals surface area contributed by atoms with Gasteiger partial charge in [0.2, 0.25) is 11.8 Å². The molecule has 3 amide bonds. The minimum absolute atomic E-state index is 0.120. The summed E-state index contributed by atoms with van der Waals surface area (Å²) < 4.78 is 0.902. The number of likely N-dealkylation sites (N-methyl/N-ethyl adjacent to an activating group) is 1. The molecule has 2 N–H and O–H groups in total. The van der Waals surface area contributed by atoms with Gasteiger partial charge in [-0.15, -0.1) is 11.3 Å². The van der Waals surface area contributed by atoms with Crippen molar-refractivity contribution in [1.29, 1.82) is 0 Å². The molecule has 0 fully saturated rings. The highest BCUT2D eigenvalue weighted by Gasteiger charge is 2.19. The first-order chi connectivity index (χ1) is 14.7. The topological polar surface area (TPSA) is 78.5 Å². The molecule has 31 heavy (non-hydrogen) atoms. The van der Waals surface area contributed by atoms with Crippen LogP contribution < -0.4 is 10.6 Å². The zero-order valence-corrected chi connectivity index (χ0v) is 19.4. The maximum absolute atomic E-state index is 12.5. The van der Waals surface area contributed by atoms with E-state index in [1.54, 1.807) is 0 Å². The third-order valence-electron chi connectivity index (χ3n) is 4.89. The van der Waals surface area contributed by atoms with E-state index in [0.717, 1.165) is 32.5 Å². The number of rotatable bonds is 6. The van der Waals surface area contributed by atoms with Crippen LogP contribution in [0.2, 0.25) is 5.02 Å². The Hall–Kier alpha value is -2.90. The van der Waals surface area contributed by atoms with Gasteiger partial charge < -0.3 is 15.5 Å². The lowest BCUT2D eigenvalue weighted by Crippen LogP contribution is -2.41. The number of fused-ring (bicyclic) bond motifs is 1. The van der Waals surface area contributed by atoms with Crippen molar-refractivity contribution in [2.45, 2.75) is 20.8 Å². The number of aryl methyl sites for hydroxylation is 3.